The molecule has 1 aromatic carbocycles. The third-order valence-corrected chi connectivity index (χ3v) is 3.48. The number of carbonyl (C=O) groups excluding carboxylic acids is 1. The van der Waals surface area contributed by atoms with Crippen molar-refractivity contribution in [3.8, 4) is 0 Å². The molecule has 1 aromatic rings. The third kappa shape index (κ3) is 3.69. The maximum Gasteiger partial charge on any atom is 0.274 e. The smallest absolute Gasteiger partial charge is 0.274 e. The number of rotatable bonds is 4. The van der Waals surface area contributed by atoms with Crippen LogP contribution in [0.15, 0.2) is 18.2 Å². The van der Waals surface area contributed by atoms with Crippen molar-refractivity contribution in [1.82, 2.24) is 4.90 Å². The van der Waals surface area contributed by atoms with Gasteiger partial charge in [0.15, 0.2) is 0 Å². The van der Waals surface area contributed by atoms with Crippen LogP contribution >= 0.6 is 0 Å². The molecule has 0 saturated carbocycles. The van der Waals surface area contributed by atoms with Crippen LogP contribution in [-0.4, -0.2) is 48.1 Å². The summed E-state index contributed by atoms with van der Waals surface area (Å²) in [4.78, 5) is 24.5. The number of carbonyl (C=O) groups is 1. The monoisotopic (exact) mass is 293 g/mol. The number of nitrogens with one attached hydrogen (secondary N) is 1. The summed E-state index contributed by atoms with van der Waals surface area (Å²) in [7, 11) is 0. The first-order chi connectivity index (χ1) is 9.99. The Hall–Kier alpha value is -2.15. The van der Waals surface area contributed by atoms with Crippen molar-refractivity contribution in [2.45, 2.75) is 19.9 Å². The van der Waals surface area contributed by atoms with Crippen LogP contribution in [0, 0.1) is 17.0 Å². The van der Waals surface area contributed by atoms with Crippen molar-refractivity contribution in [2.24, 2.45) is 0 Å². The fourth-order valence-corrected chi connectivity index (χ4v) is 2.27. The molecular formula is C14H19N3O4. The van der Waals surface area contributed by atoms with Gasteiger partial charge in [-0.1, -0.05) is 6.07 Å². The maximum absolute atomic E-state index is 12.3. The van der Waals surface area contributed by atoms with Gasteiger partial charge in [-0.05, 0) is 19.9 Å². The maximum atomic E-state index is 12.3. The molecule has 1 N–H and O–H groups in total. The molecule has 1 unspecified atom stereocenters. The molecule has 0 bridgehead atoms. The van der Waals surface area contributed by atoms with E-state index in [1.54, 1.807) is 30.9 Å². The van der Waals surface area contributed by atoms with E-state index in [9.17, 15) is 14.9 Å². The van der Waals surface area contributed by atoms with Crippen LogP contribution in [0.25, 0.3) is 0 Å². The number of nitro groups is 1. The van der Waals surface area contributed by atoms with Crippen LogP contribution in [-0.2, 0) is 9.53 Å². The quantitative estimate of drug-likeness (QED) is 0.672. The summed E-state index contributed by atoms with van der Waals surface area (Å²) >= 11 is 0. The zero-order chi connectivity index (χ0) is 15.4. The Morgan fingerprint density at radius 3 is 2.71 bits per heavy atom. The predicted molar refractivity (Wildman–Crippen MR) is 78.3 cm³/mol. The molecule has 2 rings (SSSR count). The first-order valence-corrected chi connectivity index (χ1v) is 6.87. The second kappa shape index (κ2) is 6.53. The highest BCUT2D eigenvalue weighted by molar-refractivity contribution is 5.84. The van der Waals surface area contributed by atoms with Gasteiger partial charge in [0, 0.05) is 30.4 Å². The van der Waals surface area contributed by atoms with Gasteiger partial charge in [0.2, 0.25) is 5.91 Å². The van der Waals surface area contributed by atoms with Crippen molar-refractivity contribution in [3.05, 3.63) is 33.9 Å². The largest absolute Gasteiger partial charge is 0.378 e. The van der Waals surface area contributed by atoms with Crippen LogP contribution in [0.1, 0.15) is 12.5 Å². The molecule has 0 aromatic heterocycles. The number of benzene rings is 1. The molecule has 114 valence electrons. The number of morpholine rings is 1. The zero-order valence-corrected chi connectivity index (χ0v) is 12.2. The lowest BCUT2D eigenvalue weighted by Gasteiger charge is -2.29. The Morgan fingerprint density at radius 2 is 2.10 bits per heavy atom. The van der Waals surface area contributed by atoms with Gasteiger partial charge < -0.3 is 15.0 Å². The fourth-order valence-electron chi connectivity index (χ4n) is 2.27. The molecule has 1 saturated heterocycles. The van der Waals surface area contributed by atoms with Crippen molar-refractivity contribution in [3.63, 3.8) is 0 Å². The Kier molecular flexibility index (Phi) is 4.74. The molecule has 7 heteroatoms. The van der Waals surface area contributed by atoms with Crippen LogP contribution in [0.3, 0.4) is 0 Å². The summed E-state index contributed by atoms with van der Waals surface area (Å²) in [6, 6.07) is 4.43. The van der Waals surface area contributed by atoms with Gasteiger partial charge in [-0.15, -0.1) is 0 Å². The zero-order valence-electron chi connectivity index (χ0n) is 12.2. The Balaban J connectivity index is 2.05. The van der Waals surface area contributed by atoms with E-state index < -0.39 is 11.0 Å². The first kappa shape index (κ1) is 15.2. The second-order valence-electron chi connectivity index (χ2n) is 5.06. The molecular weight excluding hydrogens is 274 g/mol. The molecule has 1 atom stereocenters. The molecule has 1 fully saturated rings. The van der Waals surface area contributed by atoms with E-state index in [-0.39, 0.29) is 11.6 Å². The first-order valence-electron chi connectivity index (χ1n) is 6.87. The minimum Gasteiger partial charge on any atom is -0.378 e. The summed E-state index contributed by atoms with van der Waals surface area (Å²) in [6.07, 6.45) is 0. The molecule has 21 heavy (non-hydrogen) atoms. The summed E-state index contributed by atoms with van der Waals surface area (Å²) in [5, 5.41) is 14.0. The molecule has 1 aliphatic rings. The SMILES string of the molecule is Cc1ccc(NC(C)C(=O)N2CCOCC2)cc1[N+](=O)[O-]. The van der Waals surface area contributed by atoms with Gasteiger partial charge in [0.05, 0.1) is 18.1 Å². The molecule has 0 aliphatic carbocycles. The lowest BCUT2D eigenvalue weighted by Crippen LogP contribution is -2.46. The third-order valence-electron chi connectivity index (χ3n) is 3.48. The van der Waals surface area contributed by atoms with E-state index in [2.05, 4.69) is 5.32 Å². The van der Waals surface area contributed by atoms with Crippen molar-refractivity contribution >= 4 is 17.3 Å². The molecule has 1 aliphatic heterocycles. The lowest BCUT2D eigenvalue weighted by molar-refractivity contribution is -0.385. The fraction of sp³-hybridized carbons (Fsp3) is 0.500. The van der Waals surface area contributed by atoms with Gasteiger partial charge in [0.1, 0.15) is 6.04 Å². The number of aryl methyl sites for hydroxylation is 1. The van der Waals surface area contributed by atoms with Crippen LogP contribution < -0.4 is 5.32 Å². The molecule has 0 radical (unpaired) electrons. The number of nitrogens with zero attached hydrogens (tertiary/aromatic N) is 2. The van der Waals surface area contributed by atoms with E-state index >= 15 is 0 Å². The number of ether oxygens (including phenoxy) is 1. The standard InChI is InChI=1S/C14H19N3O4/c1-10-3-4-12(9-13(10)17(19)20)15-11(2)14(18)16-5-7-21-8-6-16/h3-4,9,11,15H,5-8H2,1-2H3. The highest BCUT2D eigenvalue weighted by Crippen LogP contribution is 2.23. The Labute approximate surface area is 123 Å². The van der Waals surface area contributed by atoms with Gasteiger partial charge in [-0.3, -0.25) is 14.9 Å². The van der Waals surface area contributed by atoms with E-state index in [4.69, 9.17) is 4.74 Å². The van der Waals surface area contributed by atoms with E-state index in [0.717, 1.165) is 0 Å². The number of hydrogen-bond donors (Lipinski definition) is 1. The average Bonchev–Trinajstić information content (AvgIpc) is 2.49. The number of nitro benzene ring substituents is 1. The molecule has 0 spiro atoms. The van der Waals surface area contributed by atoms with Crippen molar-refractivity contribution < 1.29 is 14.5 Å². The van der Waals surface area contributed by atoms with E-state index in [1.165, 1.54) is 6.07 Å². The molecule has 1 amide bonds. The minimum atomic E-state index is -0.439. The highest BCUT2D eigenvalue weighted by atomic mass is 16.6. The van der Waals surface area contributed by atoms with Crippen molar-refractivity contribution in [2.75, 3.05) is 31.6 Å². The Bertz CT molecular complexity index is 541. The van der Waals surface area contributed by atoms with Gasteiger partial charge in [-0.25, -0.2) is 0 Å². The van der Waals surface area contributed by atoms with Crippen LogP contribution in [0.2, 0.25) is 0 Å². The Morgan fingerprint density at radius 1 is 1.43 bits per heavy atom. The van der Waals surface area contributed by atoms with Crippen LogP contribution in [0.5, 0.6) is 0 Å². The highest BCUT2D eigenvalue weighted by Gasteiger charge is 2.22. The van der Waals surface area contributed by atoms with Crippen molar-refractivity contribution in [1.29, 1.82) is 0 Å². The molecule has 1 heterocycles. The summed E-state index contributed by atoms with van der Waals surface area (Å²) < 4.78 is 5.21. The number of amides is 1. The van der Waals surface area contributed by atoms with Gasteiger partial charge >= 0.3 is 0 Å². The average molecular weight is 293 g/mol. The summed E-state index contributed by atoms with van der Waals surface area (Å²) in [5.41, 5.74) is 1.21. The molecule has 7 nitrogen and oxygen atoms in total. The number of hydrogen-bond acceptors (Lipinski definition) is 5. The second-order valence-corrected chi connectivity index (χ2v) is 5.06. The van der Waals surface area contributed by atoms with Gasteiger partial charge in [0.25, 0.3) is 5.69 Å². The van der Waals surface area contributed by atoms with E-state index in [1.807, 2.05) is 0 Å². The predicted octanol–water partition coefficient (Wildman–Crippen LogP) is 1.56. The minimum absolute atomic E-state index is 0.0264. The van der Waals surface area contributed by atoms with E-state index in [0.29, 0.717) is 37.6 Å². The topological polar surface area (TPSA) is 84.7 Å². The summed E-state index contributed by atoms with van der Waals surface area (Å²) in [6.45, 7) is 5.70. The van der Waals surface area contributed by atoms with Gasteiger partial charge in [-0.2, -0.15) is 0 Å². The lowest BCUT2D eigenvalue weighted by atomic mass is 10.1. The normalized spacial score (nSPS) is 16.4. The van der Waals surface area contributed by atoms with Crippen LogP contribution in [0.4, 0.5) is 11.4 Å². The summed E-state index contributed by atoms with van der Waals surface area (Å²) in [5.74, 6) is -0.0264. The number of anilines is 1.